The quantitative estimate of drug-likeness (QED) is 0.622. The van der Waals surface area contributed by atoms with E-state index in [2.05, 4.69) is 15.0 Å². The lowest BCUT2D eigenvalue weighted by Gasteiger charge is -2.20. The number of amidine groups is 1. The first kappa shape index (κ1) is 11.0. The summed E-state index contributed by atoms with van der Waals surface area (Å²) < 4.78 is 0. The third-order valence-corrected chi connectivity index (χ3v) is 3.09. The third kappa shape index (κ3) is 3.02. The number of aliphatic imine (C=N–C) groups is 1. The highest BCUT2D eigenvalue weighted by Gasteiger charge is 2.16. The van der Waals surface area contributed by atoms with Crippen LogP contribution < -0.4 is 5.73 Å². The minimum atomic E-state index is 0.496. The largest absolute Gasteiger partial charge is 0.387 e. The molecule has 1 heterocycles. The van der Waals surface area contributed by atoms with Gasteiger partial charge in [0.2, 0.25) is 0 Å². The van der Waals surface area contributed by atoms with E-state index in [9.17, 15) is 0 Å². The number of hydrogen-bond donors (Lipinski definition) is 1. The molecule has 2 rings (SSSR count). The Hall–Kier alpha value is -1.45. The fourth-order valence-electron chi connectivity index (χ4n) is 2.11. The van der Waals surface area contributed by atoms with Crippen molar-refractivity contribution in [1.82, 2.24) is 9.97 Å². The molecule has 16 heavy (non-hydrogen) atoms. The van der Waals surface area contributed by atoms with Gasteiger partial charge in [0.05, 0.1) is 18.1 Å². The summed E-state index contributed by atoms with van der Waals surface area (Å²) in [7, 11) is 0. The van der Waals surface area contributed by atoms with E-state index in [1.54, 1.807) is 12.5 Å². The molecule has 0 atom stereocenters. The van der Waals surface area contributed by atoms with Crippen molar-refractivity contribution >= 4 is 5.84 Å². The minimum Gasteiger partial charge on any atom is -0.387 e. The van der Waals surface area contributed by atoms with Crippen LogP contribution in [0.3, 0.4) is 0 Å². The molecule has 1 aromatic heterocycles. The van der Waals surface area contributed by atoms with E-state index in [-0.39, 0.29) is 0 Å². The second-order valence-electron chi connectivity index (χ2n) is 4.28. The Labute approximate surface area is 96.0 Å². The molecular formula is C12H18N4. The maximum Gasteiger partial charge on any atom is 0.115 e. The minimum absolute atomic E-state index is 0.496. The smallest absolute Gasteiger partial charge is 0.115 e. The first-order valence-electron chi connectivity index (χ1n) is 5.91. The maximum atomic E-state index is 6.00. The van der Waals surface area contributed by atoms with Crippen LogP contribution in [0, 0.1) is 5.92 Å². The second-order valence-corrected chi connectivity index (χ2v) is 4.28. The number of rotatable bonds is 3. The molecule has 1 fully saturated rings. The van der Waals surface area contributed by atoms with E-state index < -0.39 is 0 Å². The summed E-state index contributed by atoms with van der Waals surface area (Å²) in [4.78, 5) is 12.4. The lowest BCUT2D eigenvalue weighted by atomic mass is 9.88. The van der Waals surface area contributed by atoms with Crippen molar-refractivity contribution < 1.29 is 0 Å². The molecule has 1 saturated carbocycles. The van der Waals surface area contributed by atoms with Crippen LogP contribution in [0.15, 0.2) is 23.6 Å². The van der Waals surface area contributed by atoms with Gasteiger partial charge in [0.1, 0.15) is 6.33 Å². The van der Waals surface area contributed by atoms with E-state index in [0.717, 1.165) is 11.5 Å². The molecule has 0 amide bonds. The average Bonchev–Trinajstić information content (AvgIpc) is 2.38. The summed E-state index contributed by atoms with van der Waals surface area (Å²) in [5, 5.41) is 0. The summed E-state index contributed by atoms with van der Waals surface area (Å²) >= 11 is 0. The Kier molecular flexibility index (Phi) is 3.86. The van der Waals surface area contributed by atoms with Gasteiger partial charge in [-0.3, -0.25) is 4.99 Å². The molecular weight excluding hydrogens is 200 g/mol. The van der Waals surface area contributed by atoms with Gasteiger partial charge in [-0.1, -0.05) is 19.3 Å². The highest BCUT2D eigenvalue weighted by molar-refractivity contribution is 5.82. The summed E-state index contributed by atoms with van der Waals surface area (Å²) in [5.41, 5.74) is 6.93. The van der Waals surface area contributed by atoms with Crippen molar-refractivity contribution in [2.45, 2.75) is 38.6 Å². The molecule has 2 N–H and O–H groups in total. The molecule has 0 spiro atoms. The molecule has 0 radical (unpaired) electrons. The molecule has 0 saturated heterocycles. The van der Waals surface area contributed by atoms with Crippen LogP contribution in [0.1, 0.15) is 37.8 Å². The normalized spacial score (nSPS) is 18.6. The number of nitrogens with zero attached hydrogens (tertiary/aromatic N) is 3. The van der Waals surface area contributed by atoms with Crippen molar-refractivity contribution in [2.75, 3.05) is 0 Å². The second kappa shape index (κ2) is 5.58. The molecule has 0 bridgehead atoms. The van der Waals surface area contributed by atoms with Crippen LogP contribution in [0.5, 0.6) is 0 Å². The standard InChI is InChI=1S/C12H18N4/c13-12(10-4-2-1-3-5-10)15-8-11-6-7-14-9-16-11/h6-7,9-10H,1-5,8H2,(H2,13,15). The van der Waals surface area contributed by atoms with Gasteiger partial charge in [-0.25, -0.2) is 9.97 Å². The van der Waals surface area contributed by atoms with Crippen molar-refractivity contribution in [3.63, 3.8) is 0 Å². The van der Waals surface area contributed by atoms with E-state index in [1.165, 1.54) is 32.1 Å². The van der Waals surface area contributed by atoms with Gasteiger partial charge < -0.3 is 5.73 Å². The topological polar surface area (TPSA) is 64.2 Å². The molecule has 0 aliphatic heterocycles. The Morgan fingerprint density at radius 3 is 2.88 bits per heavy atom. The number of aromatic nitrogens is 2. The molecule has 1 aliphatic carbocycles. The first-order chi connectivity index (χ1) is 7.86. The van der Waals surface area contributed by atoms with Crippen LogP contribution >= 0.6 is 0 Å². The SMILES string of the molecule is NC(=NCc1ccncn1)C1CCCCC1. The van der Waals surface area contributed by atoms with Gasteiger partial charge in [-0.05, 0) is 18.9 Å². The van der Waals surface area contributed by atoms with Crippen molar-refractivity contribution in [2.24, 2.45) is 16.6 Å². The zero-order valence-electron chi connectivity index (χ0n) is 9.47. The molecule has 86 valence electrons. The van der Waals surface area contributed by atoms with Gasteiger partial charge in [0.15, 0.2) is 0 Å². The van der Waals surface area contributed by atoms with E-state index in [4.69, 9.17) is 5.73 Å². The van der Waals surface area contributed by atoms with Crippen molar-refractivity contribution in [3.05, 3.63) is 24.3 Å². The summed E-state index contributed by atoms with van der Waals surface area (Å²) in [6, 6.07) is 1.87. The lowest BCUT2D eigenvalue weighted by Crippen LogP contribution is -2.25. The van der Waals surface area contributed by atoms with E-state index in [1.807, 2.05) is 6.07 Å². The molecule has 0 unspecified atom stereocenters. The predicted molar refractivity (Wildman–Crippen MR) is 63.9 cm³/mol. The van der Waals surface area contributed by atoms with Crippen LogP contribution in [0.25, 0.3) is 0 Å². The molecule has 1 aromatic rings. The monoisotopic (exact) mass is 218 g/mol. The van der Waals surface area contributed by atoms with Crippen molar-refractivity contribution in [3.8, 4) is 0 Å². The van der Waals surface area contributed by atoms with Crippen LogP contribution in [0.2, 0.25) is 0 Å². The summed E-state index contributed by atoms with van der Waals surface area (Å²) in [6.45, 7) is 0.574. The first-order valence-corrected chi connectivity index (χ1v) is 5.91. The molecule has 0 aromatic carbocycles. The lowest BCUT2D eigenvalue weighted by molar-refractivity contribution is 0.436. The van der Waals surface area contributed by atoms with Crippen molar-refractivity contribution in [1.29, 1.82) is 0 Å². The molecule has 4 heteroatoms. The van der Waals surface area contributed by atoms with Crippen LogP contribution in [0.4, 0.5) is 0 Å². The van der Waals surface area contributed by atoms with Gasteiger partial charge >= 0.3 is 0 Å². The zero-order chi connectivity index (χ0) is 11.2. The Bertz CT molecular complexity index is 341. The van der Waals surface area contributed by atoms with E-state index >= 15 is 0 Å². The summed E-state index contributed by atoms with van der Waals surface area (Å²) in [5.74, 6) is 1.30. The number of hydrogen-bond acceptors (Lipinski definition) is 3. The molecule has 4 nitrogen and oxygen atoms in total. The Morgan fingerprint density at radius 1 is 1.38 bits per heavy atom. The maximum absolute atomic E-state index is 6.00. The predicted octanol–water partition coefficient (Wildman–Crippen LogP) is 1.91. The highest BCUT2D eigenvalue weighted by Crippen LogP contribution is 2.23. The van der Waals surface area contributed by atoms with Crippen LogP contribution in [-0.2, 0) is 6.54 Å². The van der Waals surface area contributed by atoms with Crippen LogP contribution in [-0.4, -0.2) is 15.8 Å². The van der Waals surface area contributed by atoms with Gasteiger partial charge in [0, 0.05) is 12.1 Å². The number of nitrogens with two attached hydrogens (primary N) is 1. The average molecular weight is 218 g/mol. The Morgan fingerprint density at radius 2 is 2.19 bits per heavy atom. The third-order valence-electron chi connectivity index (χ3n) is 3.09. The van der Waals surface area contributed by atoms with Gasteiger partial charge in [-0.2, -0.15) is 0 Å². The van der Waals surface area contributed by atoms with E-state index in [0.29, 0.717) is 12.5 Å². The van der Waals surface area contributed by atoms with Gasteiger partial charge in [-0.15, -0.1) is 0 Å². The fraction of sp³-hybridized carbons (Fsp3) is 0.583. The fourth-order valence-corrected chi connectivity index (χ4v) is 2.11. The highest BCUT2D eigenvalue weighted by atomic mass is 14.9. The summed E-state index contributed by atoms with van der Waals surface area (Å²) in [6.07, 6.45) is 9.58. The Balaban J connectivity index is 1.91. The molecule has 1 aliphatic rings. The zero-order valence-corrected chi connectivity index (χ0v) is 9.47. The van der Waals surface area contributed by atoms with Gasteiger partial charge in [0.25, 0.3) is 0 Å².